The van der Waals surface area contributed by atoms with Crippen molar-refractivity contribution in [2.24, 2.45) is 0 Å². The molecular formula is C26H24N2O3. The van der Waals surface area contributed by atoms with E-state index in [1.54, 1.807) is 25.3 Å². The molecule has 0 spiro atoms. The van der Waals surface area contributed by atoms with E-state index in [1.807, 2.05) is 62.4 Å². The zero-order chi connectivity index (χ0) is 22.0. The summed E-state index contributed by atoms with van der Waals surface area (Å²) in [6.45, 7) is 3.97. The standard InChI is InChI=1S/C26H24N2O3/c1-4-17-9-11-20(26(30)13-17)23-14-18(31-3)15-24(28-23)22-7-5-6-21(27-22)19-10-8-16(2)12-25(19)29/h5-15,29-30H,4H2,1-3H3. The van der Waals surface area contributed by atoms with Crippen molar-refractivity contribution in [2.45, 2.75) is 20.3 Å². The lowest BCUT2D eigenvalue weighted by atomic mass is 10.0. The first kappa shape index (κ1) is 20.4. The minimum atomic E-state index is 0.178. The number of hydrogen-bond donors (Lipinski definition) is 2. The number of hydrogen-bond acceptors (Lipinski definition) is 5. The molecule has 0 aliphatic rings. The molecule has 5 nitrogen and oxygen atoms in total. The van der Waals surface area contributed by atoms with E-state index in [-0.39, 0.29) is 11.5 Å². The second kappa shape index (κ2) is 8.48. The molecule has 31 heavy (non-hydrogen) atoms. The third-order valence-corrected chi connectivity index (χ3v) is 5.22. The maximum absolute atomic E-state index is 10.5. The zero-order valence-corrected chi connectivity index (χ0v) is 17.8. The van der Waals surface area contributed by atoms with Crippen molar-refractivity contribution in [3.63, 3.8) is 0 Å². The van der Waals surface area contributed by atoms with Crippen molar-refractivity contribution in [1.82, 2.24) is 9.97 Å². The minimum Gasteiger partial charge on any atom is -0.507 e. The molecule has 0 fully saturated rings. The Bertz CT molecular complexity index is 1250. The van der Waals surface area contributed by atoms with Gasteiger partial charge in [0.25, 0.3) is 0 Å². The largest absolute Gasteiger partial charge is 0.507 e. The van der Waals surface area contributed by atoms with Crippen molar-refractivity contribution in [3.05, 3.63) is 77.9 Å². The van der Waals surface area contributed by atoms with E-state index in [1.165, 1.54) is 0 Å². The Morgan fingerprint density at radius 2 is 1.39 bits per heavy atom. The maximum Gasteiger partial charge on any atom is 0.125 e. The first-order valence-electron chi connectivity index (χ1n) is 10.1. The molecule has 0 unspecified atom stereocenters. The number of phenols is 2. The molecule has 0 saturated carbocycles. The molecule has 4 aromatic rings. The van der Waals surface area contributed by atoms with Gasteiger partial charge in [0.2, 0.25) is 0 Å². The molecule has 4 rings (SSSR count). The Morgan fingerprint density at radius 3 is 2.10 bits per heavy atom. The Balaban J connectivity index is 1.81. The van der Waals surface area contributed by atoms with Crippen LogP contribution in [0.2, 0.25) is 0 Å². The highest BCUT2D eigenvalue weighted by Gasteiger charge is 2.13. The highest BCUT2D eigenvalue weighted by atomic mass is 16.5. The molecule has 2 aromatic heterocycles. The number of methoxy groups -OCH3 is 1. The molecule has 0 bridgehead atoms. The summed E-state index contributed by atoms with van der Waals surface area (Å²) in [5.74, 6) is 0.978. The van der Waals surface area contributed by atoms with Gasteiger partial charge in [0.1, 0.15) is 17.2 Å². The molecule has 5 heteroatoms. The summed E-state index contributed by atoms with van der Waals surface area (Å²) >= 11 is 0. The first-order valence-corrected chi connectivity index (χ1v) is 10.1. The van der Waals surface area contributed by atoms with Crippen LogP contribution in [-0.4, -0.2) is 27.3 Å². The molecule has 156 valence electrons. The molecule has 0 radical (unpaired) electrons. The van der Waals surface area contributed by atoms with Crippen LogP contribution in [0, 0.1) is 6.92 Å². The van der Waals surface area contributed by atoms with Gasteiger partial charge in [0.05, 0.1) is 29.9 Å². The summed E-state index contributed by atoms with van der Waals surface area (Å²) < 4.78 is 5.48. The highest BCUT2D eigenvalue weighted by Crippen LogP contribution is 2.34. The van der Waals surface area contributed by atoms with Crippen molar-refractivity contribution in [2.75, 3.05) is 7.11 Å². The minimum absolute atomic E-state index is 0.178. The van der Waals surface area contributed by atoms with Gasteiger partial charge in [-0.25, -0.2) is 9.97 Å². The average molecular weight is 412 g/mol. The van der Waals surface area contributed by atoms with Crippen LogP contribution in [0.25, 0.3) is 33.9 Å². The third kappa shape index (κ3) is 4.21. The number of benzene rings is 2. The van der Waals surface area contributed by atoms with Crippen LogP contribution in [0.4, 0.5) is 0 Å². The SMILES string of the molecule is CCc1ccc(-c2cc(OC)cc(-c3cccc(-c4ccc(C)cc4O)n3)n2)c(O)c1. The summed E-state index contributed by atoms with van der Waals surface area (Å²) in [5, 5.41) is 20.9. The zero-order valence-electron chi connectivity index (χ0n) is 17.8. The van der Waals surface area contributed by atoms with Crippen molar-refractivity contribution >= 4 is 0 Å². The number of phenolic OH excluding ortho intramolecular Hbond substituents is 2. The molecule has 2 aromatic carbocycles. The molecule has 2 heterocycles. The number of pyridine rings is 2. The molecule has 0 aliphatic heterocycles. The Labute approximate surface area is 181 Å². The van der Waals surface area contributed by atoms with Crippen LogP contribution >= 0.6 is 0 Å². The quantitative estimate of drug-likeness (QED) is 0.435. The van der Waals surface area contributed by atoms with E-state index in [0.717, 1.165) is 17.5 Å². The van der Waals surface area contributed by atoms with E-state index < -0.39 is 0 Å². The fourth-order valence-corrected chi connectivity index (χ4v) is 3.49. The third-order valence-electron chi connectivity index (χ3n) is 5.22. The predicted octanol–water partition coefficient (Wildman–Crippen LogP) is 5.77. The summed E-state index contributed by atoms with van der Waals surface area (Å²) in [4.78, 5) is 9.47. The number of nitrogens with zero attached hydrogens (tertiary/aromatic N) is 2. The molecular weight excluding hydrogens is 388 g/mol. The summed E-state index contributed by atoms with van der Waals surface area (Å²) in [7, 11) is 1.59. The fraction of sp³-hybridized carbons (Fsp3) is 0.154. The number of aromatic nitrogens is 2. The smallest absolute Gasteiger partial charge is 0.125 e. The van der Waals surface area contributed by atoms with E-state index in [9.17, 15) is 10.2 Å². The Morgan fingerprint density at radius 1 is 0.742 bits per heavy atom. The lowest BCUT2D eigenvalue weighted by Gasteiger charge is -2.11. The number of rotatable bonds is 5. The molecule has 0 amide bonds. The molecule has 0 aliphatic carbocycles. The lowest BCUT2D eigenvalue weighted by molar-refractivity contribution is 0.414. The van der Waals surface area contributed by atoms with Crippen LogP contribution in [0.15, 0.2) is 66.7 Å². The Kier molecular flexibility index (Phi) is 5.58. The van der Waals surface area contributed by atoms with Gasteiger partial charge in [-0.2, -0.15) is 0 Å². The molecule has 0 saturated heterocycles. The summed E-state index contributed by atoms with van der Waals surface area (Å²) in [6.07, 6.45) is 0.840. The van der Waals surface area contributed by atoms with Crippen molar-refractivity contribution in [1.29, 1.82) is 0 Å². The van der Waals surface area contributed by atoms with Crippen LogP contribution in [0.1, 0.15) is 18.1 Å². The van der Waals surface area contributed by atoms with Crippen LogP contribution in [-0.2, 0) is 6.42 Å². The van der Waals surface area contributed by atoms with Gasteiger partial charge in [0.15, 0.2) is 0 Å². The predicted molar refractivity (Wildman–Crippen MR) is 122 cm³/mol. The fourth-order valence-electron chi connectivity index (χ4n) is 3.49. The van der Waals surface area contributed by atoms with Crippen molar-refractivity contribution in [3.8, 4) is 51.2 Å². The highest BCUT2D eigenvalue weighted by molar-refractivity contribution is 5.73. The lowest BCUT2D eigenvalue weighted by Crippen LogP contribution is -1.95. The van der Waals surface area contributed by atoms with Crippen LogP contribution < -0.4 is 4.74 Å². The maximum atomic E-state index is 10.5. The number of aryl methyl sites for hydroxylation is 2. The average Bonchev–Trinajstić information content (AvgIpc) is 2.78. The second-order valence-electron chi connectivity index (χ2n) is 7.41. The van der Waals surface area contributed by atoms with Crippen LogP contribution in [0.5, 0.6) is 17.2 Å². The van der Waals surface area contributed by atoms with Gasteiger partial charge in [-0.1, -0.05) is 25.1 Å². The van der Waals surface area contributed by atoms with Gasteiger partial charge in [0, 0.05) is 23.3 Å². The Hall–Kier alpha value is -3.86. The second-order valence-corrected chi connectivity index (χ2v) is 7.41. The van der Waals surface area contributed by atoms with E-state index in [4.69, 9.17) is 14.7 Å². The van der Waals surface area contributed by atoms with Gasteiger partial charge in [-0.15, -0.1) is 0 Å². The number of aromatic hydroxyl groups is 2. The topological polar surface area (TPSA) is 75.5 Å². The van der Waals surface area contributed by atoms with Crippen LogP contribution in [0.3, 0.4) is 0 Å². The molecule has 0 atom stereocenters. The first-order chi connectivity index (χ1) is 15.0. The van der Waals surface area contributed by atoms with Crippen molar-refractivity contribution < 1.29 is 14.9 Å². The van der Waals surface area contributed by atoms with Gasteiger partial charge < -0.3 is 14.9 Å². The monoisotopic (exact) mass is 412 g/mol. The van der Waals surface area contributed by atoms with E-state index in [0.29, 0.717) is 39.7 Å². The summed E-state index contributed by atoms with van der Waals surface area (Å²) in [6, 6.07) is 20.3. The number of ether oxygens (including phenoxy) is 1. The van der Waals surface area contributed by atoms with Gasteiger partial charge in [-0.3, -0.25) is 0 Å². The summed E-state index contributed by atoms with van der Waals surface area (Å²) in [5.41, 5.74) is 5.82. The van der Waals surface area contributed by atoms with E-state index >= 15 is 0 Å². The normalized spacial score (nSPS) is 10.8. The van der Waals surface area contributed by atoms with Gasteiger partial charge >= 0.3 is 0 Å². The van der Waals surface area contributed by atoms with E-state index in [2.05, 4.69) is 0 Å². The molecule has 2 N–H and O–H groups in total. The van der Waals surface area contributed by atoms with Gasteiger partial charge in [-0.05, 0) is 60.9 Å².